The largest absolute Gasteiger partial charge is 0.443 e. The number of pyridine rings is 1. The number of nitrogens with one attached hydrogen (secondary N) is 2. The van der Waals surface area contributed by atoms with E-state index < -0.39 is 11.7 Å². The van der Waals surface area contributed by atoms with Crippen LogP contribution in [0.5, 0.6) is 0 Å². The zero-order valence-electron chi connectivity index (χ0n) is 9.37. The second-order valence-electron chi connectivity index (χ2n) is 4.09. The van der Waals surface area contributed by atoms with Crippen LogP contribution < -0.4 is 10.9 Å². The topological polar surface area (TPSA) is 63.2 Å². The first-order valence-corrected chi connectivity index (χ1v) is 5.12. The van der Waals surface area contributed by atoms with Gasteiger partial charge in [-0.15, -0.1) is 0 Å². The highest BCUT2D eigenvalue weighted by Crippen LogP contribution is 2.16. The Morgan fingerprint density at radius 2 is 2.19 bits per heavy atom. The molecule has 6 heteroatoms. The minimum atomic E-state index is -0.589. The Kier molecular flexibility index (Phi) is 3.95. The fourth-order valence-corrected chi connectivity index (χ4v) is 1.06. The maximum absolute atomic E-state index is 11.3. The van der Waals surface area contributed by atoms with Crippen molar-refractivity contribution in [1.29, 1.82) is 0 Å². The van der Waals surface area contributed by atoms with Gasteiger partial charge in [-0.3, -0.25) is 5.43 Å². The van der Waals surface area contributed by atoms with E-state index in [0.717, 1.165) is 0 Å². The lowest BCUT2D eigenvalue weighted by Gasteiger charge is -2.19. The molecular formula is C10H14ClN3O2. The summed E-state index contributed by atoms with van der Waals surface area (Å²) < 4.78 is 5.02. The van der Waals surface area contributed by atoms with Gasteiger partial charge in [0.15, 0.2) is 5.82 Å². The minimum absolute atomic E-state index is 0.370. The van der Waals surface area contributed by atoms with E-state index in [4.69, 9.17) is 16.3 Å². The zero-order valence-corrected chi connectivity index (χ0v) is 10.1. The first kappa shape index (κ1) is 12.6. The number of anilines is 1. The summed E-state index contributed by atoms with van der Waals surface area (Å²) in [5, 5.41) is 0.415. The van der Waals surface area contributed by atoms with Gasteiger partial charge in [-0.25, -0.2) is 15.2 Å². The van der Waals surface area contributed by atoms with Gasteiger partial charge in [0.1, 0.15) is 5.60 Å². The molecule has 0 aliphatic rings. The lowest BCUT2D eigenvalue weighted by Crippen LogP contribution is -2.36. The fraction of sp³-hybridized carbons (Fsp3) is 0.400. The Morgan fingerprint density at radius 3 is 2.75 bits per heavy atom. The SMILES string of the molecule is CC(C)(C)OC(=O)NNc1ncccc1Cl. The van der Waals surface area contributed by atoms with Crippen LogP contribution in [0.25, 0.3) is 0 Å². The maximum atomic E-state index is 11.3. The van der Waals surface area contributed by atoms with Crippen LogP contribution in [0.2, 0.25) is 5.02 Å². The average molecular weight is 244 g/mol. The van der Waals surface area contributed by atoms with Gasteiger partial charge in [-0.05, 0) is 32.9 Å². The van der Waals surface area contributed by atoms with Crippen molar-refractivity contribution in [3.8, 4) is 0 Å². The van der Waals surface area contributed by atoms with E-state index >= 15 is 0 Å². The first-order chi connectivity index (χ1) is 7.38. The molecule has 0 unspecified atom stereocenters. The predicted molar refractivity (Wildman–Crippen MR) is 62.2 cm³/mol. The van der Waals surface area contributed by atoms with Crippen LogP contribution in [0.1, 0.15) is 20.8 Å². The Morgan fingerprint density at radius 1 is 1.50 bits per heavy atom. The van der Waals surface area contributed by atoms with Crippen molar-refractivity contribution in [2.24, 2.45) is 0 Å². The van der Waals surface area contributed by atoms with Crippen LogP contribution >= 0.6 is 11.6 Å². The molecule has 16 heavy (non-hydrogen) atoms. The maximum Gasteiger partial charge on any atom is 0.426 e. The number of hydrogen-bond acceptors (Lipinski definition) is 4. The number of carbonyl (C=O) groups is 1. The summed E-state index contributed by atoms with van der Waals surface area (Å²) in [6.07, 6.45) is 0.972. The van der Waals surface area contributed by atoms with Crippen LogP contribution in [0.15, 0.2) is 18.3 Å². The van der Waals surface area contributed by atoms with E-state index in [1.54, 1.807) is 39.1 Å². The molecule has 5 nitrogen and oxygen atoms in total. The minimum Gasteiger partial charge on any atom is -0.443 e. The monoisotopic (exact) mass is 243 g/mol. The third kappa shape index (κ3) is 4.35. The summed E-state index contributed by atoms with van der Waals surface area (Å²) in [6.45, 7) is 5.33. The smallest absolute Gasteiger partial charge is 0.426 e. The van der Waals surface area contributed by atoms with E-state index in [-0.39, 0.29) is 0 Å². The predicted octanol–water partition coefficient (Wildman–Crippen LogP) is 2.59. The summed E-state index contributed by atoms with van der Waals surface area (Å²) in [5.74, 6) is 0.370. The summed E-state index contributed by atoms with van der Waals surface area (Å²) in [7, 11) is 0. The van der Waals surface area contributed by atoms with Crippen molar-refractivity contribution in [3.05, 3.63) is 23.4 Å². The van der Waals surface area contributed by atoms with Crippen molar-refractivity contribution >= 4 is 23.5 Å². The second kappa shape index (κ2) is 5.03. The molecule has 0 bridgehead atoms. The number of rotatable bonds is 2. The van der Waals surface area contributed by atoms with Crippen LogP contribution in [-0.2, 0) is 4.74 Å². The molecule has 0 saturated heterocycles. The van der Waals surface area contributed by atoms with Gasteiger partial charge in [-0.2, -0.15) is 0 Å². The normalized spacial score (nSPS) is 10.8. The molecule has 1 amide bonds. The van der Waals surface area contributed by atoms with Gasteiger partial charge < -0.3 is 4.74 Å². The number of halogens is 1. The molecule has 0 saturated carbocycles. The first-order valence-electron chi connectivity index (χ1n) is 4.74. The molecule has 1 aromatic rings. The van der Waals surface area contributed by atoms with Crippen molar-refractivity contribution in [3.63, 3.8) is 0 Å². The van der Waals surface area contributed by atoms with Crippen LogP contribution in [0.3, 0.4) is 0 Å². The number of ether oxygens (including phenoxy) is 1. The molecule has 1 aromatic heterocycles. The second-order valence-corrected chi connectivity index (χ2v) is 4.49. The molecule has 0 atom stereocenters. The van der Waals surface area contributed by atoms with E-state index in [1.807, 2.05) is 0 Å². The molecule has 88 valence electrons. The fourth-order valence-electron chi connectivity index (χ4n) is 0.892. The quantitative estimate of drug-likeness (QED) is 0.784. The number of nitrogens with zero attached hydrogens (tertiary/aromatic N) is 1. The molecular weight excluding hydrogens is 230 g/mol. The van der Waals surface area contributed by atoms with Crippen molar-refractivity contribution in [2.75, 3.05) is 5.43 Å². The Hall–Kier alpha value is -1.49. The number of carbonyl (C=O) groups excluding carboxylic acids is 1. The molecule has 0 fully saturated rings. The molecule has 0 aliphatic heterocycles. The van der Waals surface area contributed by atoms with Crippen molar-refractivity contribution < 1.29 is 9.53 Å². The summed E-state index contributed by atoms with van der Waals surface area (Å²) >= 11 is 5.82. The standard InChI is InChI=1S/C10H14ClN3O2/c1-10(2,3)16-9(15)14-13-8-7(11)5-4-6-12-8/h4-6H,1-3H3,(H,12,13)(H,14,15). The lowest BCUT2D eigenvalue weighted by atomic mass is 10.2. The van der Waals surface area contributed by atoms with Gasteiger partial charge in [0.2, 0.25) is 0 Å². The highest BCUT2D eigenvalue weighted by molar-refractivity contribution is 6.32. The number of hydrogen-bond donors (Lipinski definition) is 2. The van der Waals surface area contributed by atoms with E-state index in [0.29, 0.717) is 10.8 Å². The third-order valence-corrected chi connectivity index (χ3v) is 1.75. The van der Waals surface area contributed by atoms with Crippen LogP contribution in [0, 0.1) is 0 Å². The number of hydrazine groups is 1. The van der Waals surface area contributed by atoms with Crippen molar-refractivity contribution in [2.45, 2.75) is 26.4 Å². The Bertz CT molecular complexity index is 377. The average Bonchev–Trinajstić information content (AvgIpc) is 2.14. The number of aromatic nitrogens is 1. The molecule has 0 aliphatic carbocycles. The molecule has 1 rings (SSSR count). The molecule has 1 heterocycles. The Balaban J connectivity index is 2.47. The molecule has 2 N–H and O–H groups in total. The highest BCUT2D eigenvalue weighted by atomic mass is 35.5. The van der Waals surface area contributed by atoms with Gasteiger partial charge >= 0.3 is 6.09 Å². The van der Waals surface area contributed by atoms with Crippen molar-refractivity contribution in [1.82, 2.24) is 10.4 Å². The van der Waals surface area contributed by atoms with E-state index in [1.165, 1.54) is 0 Å². The molecule has 0 radical (unpaired) electrons. The number of amides is 1. The summed E-state index contributed by atoms with van der Waals surface area (Å²) in [4.78, 5) is 15.2. The lowest BCUT2D eigenvalue weighted by molar-refractivity contribution is 0.0541. The molecule has 0 aromatic carbocycles. The van der Waals surface area contributed by atoms with Crippen LogP contribution in [-0.4, -0.2) is 16.7 Å². The highest BCUT2D eigenvalue weighted by Gasteiger charge is 2.15. The zero-order chi connectivity index (χ0) is 12.2. The van der Waals surface area contributed by atoms with Gasteiger partial charge in [0.25, 0.3) is 0 Å². The van der Waals surface area contributed by atoms with Gasteiger partial charge in [0.05, 0.1) is 5.02 Å². The molecule has 0 spiro atoms. The Labute approximate surface area is 99.1 Å². The van der Waals surface area contributed by atoms with Gasteiger partial charge in [0, 0.05) is 6.20 Å². The summed E-state index contributed by atoms with van der Waals surface area (Å²) in [6, 6.07) is 3.36. The van der Waals surface area contributed by atoms with Crippen LogP contribution in [0.4, 0.5) is 10.6 Å². The third-order valence-electron chi connectivity index (χ3n) is 1.44. The summed E-state index contributed by atoms with van der Waals surface area (Å²) in [5.41, 5.74) is 4.36. The van der Waals surface area contributed by atoms with Gasteiger partial charge in [-0.1, -0.05) is 11.6 Å². The van der Waals surface area contributed by atoms with E-state index in [9.17, 15) is 4.79 Å². The van der Waals surface area contributed by atoms with E-state index in [2.05, 4.69) is 15.8 Å².